The number of ether oxygens (including phenoxy) is 1. The van der Waals surface area contributed by atoms with Crippen molar-refractivity contribution in [3.8, 4) is 5.75 Å². The van der Waals surface area contributed by atoms with Crippen LogP contribution in [0, 0.1) is 6.92 Å². The number of halogens is 2. The van der Waals surface area contributed by atoms with Crippen LogP contribution in [0.5, 0.6) is 5.75 Å². The van der Waals surface area contributed by atoms with Crippen molar-refractivity contribution in [1.82, 2.24) is 4.98 Å². The summed E-state index contributed by atoms with van der Waals surface area (Å²) in [6.07, 6.45) is 2.54. The summed E-state index contributed by atoms with van der Waals surface area (Å²) in [7, 11) is 0. The summed E-state index contributed by atoms with van der Waals surface area (Å²) in [5.41, 5.74) is 1.91. The lowest BCUT2D eigenvalue weighted by molar-refractivity contribution is 0.0231. The molecule has 0 unspecified atom stereocenters. The molecule has 0 amide bonds. The number of fused-ring (bicyclic) bond motifs is 1. The van der Waals surface area contributed by atoms with Crippen molar-refractivity contribution in [2.24, 2.45) is 0 Å². The first-order chi connectivity index (χ1) is 11.5. The summed E-state index contributed by atoms with van der Waals surface area (Å²) in [6.45, 7) is 2.31. The lowest BCUT2D eigenvalue weighted by atomic mass is 10.2. The van der Waals surface area contributed by atoms with Gasteiger partial charge in [0.15, 0.2) is 5.58 Å². The molecule has 0 bridgehead atoms. The first-order valence-corrected chi connectivity index (χ1v) is 7.66. The molecule has 0 aliphatic carbocycles. The summed E-state index contributed by atoms with van der Waals surface area (Å²) in [5.74, 6) is -3.12. The van der Waals surface area contributed by atoms with Gasteiger partial charge in [0.05, 0.1) is 6.61 Å². The highest BCUT2D eigenvalue weighted by Gasteiger charge is 2.34. The molecule has 0 spiro atoms. The maximum atomic E-state index is 14.1. The minimum absolute atomic E-state index is 0.323. The standard InChI is InChI=1S/C19H17F2NO2/c1-14-8-10-15(11-9-14)23-13-5-4-12-19(20,21)18-22-16-6-2-3-7-17(16)24-18/h2-4,6-12H,5,13H2,1H3/b12-4+. The van der Waals surface area contributed by atoms with E-state index in [9.17, 15) is 8.78 Å². The molecule has 0 aliphatic heterocycles. The van der Waals surface area contributed by atoms with Crippen LogP contribution in [0.1, 0.15) is 17.9 Å². The van der Waals surface area contributed by atoms with E-state index in [2.05, 4.69) is 4.98 Å². The van der Waals surface area contributed by atoms with Crippen LogP contribution in [0.2, 0.25) is 0 Å². The Kier molecular flexibility index (Phi) is 4.60. The molecule has 0 saturated heterocycles. The van der Waals surface area contributed by atoms with Crippen LogP contribution in [-0.4, -0.2) is 11.6 Å². The molecular formula is C19H17F2NO2. The van der Waals surface area contributed by atoms with Gasteiger partial charge in [-0.05, 0) is 43.7 Å². The van der Waals surface area contributed by atoms with Crippen LogP contribution >= 0.6 is 0 Å². The Labute approximate surface area is 138 Å². The van der Waals surface area contributed by atoms with Crippen molar-refractivity contribution in [2.45, 2.75) is 19.3 Å². The number of oxazole rings is 1. The SMILES string of the molecule is Cc1ccc(OCC/C=C/C(F)(F)c2nc3ccccc3o2)cc1. The Morgan fingerprint density at radius 2 is 1.88 bits per heavy atom. The highest BCUT2D eigenvalue weighted by Crippen LogP contribution is 2.31. The zero-order valence-corrected chi connectivity index (χ0v) is 13.2. The predicted molar refractivity (Wildman–Crippen MR) is 88.3 cm³/mol. The van der Waals surface area contributed by atoms with Gasteiger partial charge < -0.3 is 9.15 Å². The highest BCUT2D eigenvalue weighted by molar-refractivity contribution is 5.72. The molecule has 0 aliphatic rings. The van der Waals surface area contributed by atoms with Crippen LogP contribution in [0.3, 0.4) is 0 Å². The quantitative estimate of drug-likeness (QED) is 0.457. The van der Waals surface area contributed by atoms with Crippen LogP contribution in [0.15, 0.2) is 65.1 Å². The summed E-state index contributed by atoms with van der Waals surface area (Å²) in [5, 5.41) is 0. The van der Waals surface area contributed by atoms with Crippen molar-refractivity contribution in [3.63, 3.8) is 0 Å². The summed E-state index contributed by atoms with van der Waals surface area (Å²) in [4.78, 5) is 3.84. The fourth-order valence-electron chi connectivity index (χ4n) is 2.20. The molecule has 124 valence electrons. The van der Waals surface area contributed by atoms with E-state index < -0.39 is 11.8 Å². The average molecular weight is 329 g/mol. The number of hydrogen-bond acceptors (Lipinski definition) is 3. The molecule has 0 fully saturated rings. The average Bonchev–Trinajstić information content (AvgIpc) is 3.01. The third kappa shape index (κ3) is 3.79. The Morgan fingerprint density at radius 1 is 1.12 bits per heavy atom. The first kappa shape index (κ1) is 16.2. The summed E-state index contributed by atoms with van der Waals surface area (Å²) < 4.78 is 38.8. The van der Waals surface area contributed by atoms with Crippen LogP contribution in [0.25, 0.3) is 11.1 Å². The fraction of sp³-hybridized carbons (Fsp3) is 0.211. The third-order valence-corrected chi connectivity index (χ3v) is 3.48. The number of aromatic nitrogens is 1. The smallest absolute Gasteiger partial charge is 0.340 e. The van der Waals surface area contributed by atoms with E-state index in [0.29, 0.717) is 24.1 Å². The molecule has 0 saturated carbocycles. The van der Waals surface area contributed by atoms with Gasteiger partial charge >= 0.3 is 5.92 Å². The summed E-state index contributed by atoms with van der Waals surface area (Å²) >= 11 is 0. The minimum atomic E-state index is -3.25. The van der Waals surface area contributed by atoms with Gasteiger partial charge in [-0.3, -0.25) is 0 Å². The number of aryl methyl sites for hydroxylation is 1. The number of rotatable bonds is 6. The van der Waals surface area contributed by atoms with Crippen molar-refractivity contribution in [2.75, 3.05) is 6.61 Å². The number of nitrogens with zero attached hydrogens (tertiary/aromatic N) is 1. The van der Waals surface area contributed by atoms with Crippen molar-refractivity contribution in [3.05, 3.63) is 72.1 Å². The van der Waals surface area contributed by atoms with Crippen LogP contribution in [-0.2, 0) is 5.92 Å². The molecule has 0 N–H and O–H groups in total. The summed E-state index contributed by atoms with van der Waals surface area (Å²) in [6, 6.07) is 14.3. The molecule has 1 aromatic heterocycles. The Bertz CT molecular complexity index is 805. The molecule has 3 aromatic rings. The van der Waals surface area contributed by atoms with E-state index in [-0.39, 0.29) is 0 Å². The van der Waals surface area contributed by atoms with E-state index in [1.54, 1.807) is 24.3 Å². The first-order valence-electron chi connectivity index (χ1n) is 7.66. The van der Waals surface area contributed by atoms with Gasteiger partial charge in [0.1, 0.15) is 11.3 Å². The predicted octanol–water partition coefficient (Wildman–Crippen LogP) is 5.25. The fourth-order valence-corrected chi connectivity index (χ4v) is 2.20. The monoisotopic (exact) mass is 329 g/mol. The van der Waals surface area contributed by atoms with Gasteiger partial charge in [0.2, 0.25) is 0 Å². The lowest BCUT2D eigenvalue weighted by Gasteiger charge is -2.07. The molecule has 1 heterocycles. The Balaban J connectivity index is 1.57. The Hall–Kier alpha value is -2.69. The van der Waals surface area contributed by atoms with Gasteiger partial charge in [-0.2, -0.15) is 8.78 Å². The maximum Gasteiger partial charge on any atom is 0.340 e. The second-order valence-electron chi connectivity index (χ2n) is 5.46. The number of benzene rings is 2. The van der Waals surface area contributed by atoms with Crippen molar-refractivity contribution < 1.29 is 17.9 Å². The van der Waals surface area contributed by atoms with Gasteiger partial charge in [-0.25, -0.2) is 4.98 Å². The lowest BCUT2D eigenvalue weighted by Crippen LogP contribution is -2.10. The van der Waals surface area contributed by atoms with E-state index in [4.69, 9.17) is 9.15 Å². The third-order valence-electron chi connectivity index (χ3n) is 3.48. The minimum Gasteiger partial charge on any atom is -0.493 e. The number of allylic oxidation sites excluding steroid dienone is 1. The zero-order valence-electron chi connectivity index (χ0n) is 13.2. The molecule has 5 heteroatoms. The van der Waals surface area contributed by atoms with E-state index in [0.717, 1.165) is 17.4 Å². The number of hydrogen-bond donors (Lipinski definition) is 0. The molecule has 0 atom stereocenters. The molecule has 2 aromatic carbocycles. The molecule has 24 heavy (non-hydrogen) atoms. The van der Waals surface area contributed by atoms with Gasteiger partial charge in [-0.15, -0.1) is 0 Å². The molecule has 3 nitrogen and oxygen atoms in total. The molecule has 3 rings (SSSR count). The van der Waals surface area contributed by atoms with E-state index >= 15 is 0 Å². The second kappa shape index (κ2) is 6.83. The number of para-hydroxylation sites is 2. The van der Waals surface area contributed by atoms with Crippen LogP contribution < -0.4 is 4.74 Å². The highest BCUT2D eigenvalue weighted by atomic mass is 19.3. The van der Waals surface area contributed by atoms with Crippen molar-refractivity contribution >= 4 is 11.1 Å². The van der Waals surface area contributed by atoms with Gasteiger partial charge in [0, 0.05) is 0 Å². The Morgan fingerprint density at radius 3 is 2.62 bits per heavy atom. The second-order valence-corrected chi connectivity index (χ2v) is 5.46. The molecular weight excluding hydrogens is 312 g/mol. The van der Waals surface area contributed by atoms with E-state index in [1.165, 1.54) is 6.08 Å². The zero-order chi connectivity index (χ0) is 17.0. The van der Waals surface area contributed by atoms with Crippen LogP contribution in [0.4, 0.5) is 8.78 Å². The van der Waals surface area contributed by atoms with Gasteiger partial charge in [-0.1, -0.05) is 35.9 Å². The normalized spacial score (nSPS) is 12.1. The van der Waals surface area contributed by atoms with E-state index in [1.807, 2.05) is 31.2 Å². The topological polar surface area (TPSA) is 35.3 Å². The largest absolute Gasteiger partial charge is 0.493 e. The number of alkyl halides is 2. The maximum absolute atomic E-state index is 14.1. The van der Waals surface area contributed by atoms with Crippen molar-refractivity contribution in [1.29, 1.82) is 0 Å². The molecule has 0 radical (unpaired) electrons. The van der Waals surface area contributed by atoms with Gasteiger partial charge in [0.25, 0.3) is 5.89 Å².